The van der Waals surface area contributed by atoms with Crippen molar-refractivity contribution in [2.24, 2.45) is 16.6 Å². The summed E-state index contributed by atoms with van der Waals surface area (Å²) in [7, 11) is 0. The van der Waals surface area contributed by atoms with Gasteiger partial charge in [0.1, 0.15) is 0 Å². The van der Waals surface area contributed by atoms with Gasteiger partial charge in [-0.2, -0.15) is 5.26 Å². The summed E-state index contributed by atoms with van der Waals surface area (Å²) in [6.07, 6.45) is 10.0. The Balaban J connectivity index is 1.78. The van der Waals surface area contributed by atoms with Crippen molar-refractivity contribution >= 4 is 11.6 Å². The highest BCUT2D eigenvalue weighted by Crippen LogP contribution is 2.41. The molecule has 0 radical (unpaired) electrons. The van der Waals surface area contributed by atoms with Crippen molar-refractivity contribution in [2.75, 3.05) is 0 Å². The molecule has 3 rings (SSSR count). The molecule has 0 aromatic rings. The van der Waals surface area contributed by atoms with Gasteiger partial charge in [-0.3, -0.25) is 9.79 Å². The molecule has 3 aliphatic rings. The quantitative estimate of drug-likeness (QED) is 0.804. The Labute approximate surface area is 124 Å². The van der Waals surface area contributed by atoms with Crippen LogP contribution < -0.4 is 5.73 Å². The molecule has 0 aromatic carbocycles. The van der Waals surface area contributed by atoms with Crippen LogP contribution in [0, 0.1) is 17.2 Å². The molecule has 2 N–H and O–H groups in total. The number of hydrogen-bond acceptors (Lipinski definition) is 3. The largest absolute Gasteiger partial charge is 0.369 e. The molecule has 1 atom stereocenters. The number of rotatable bonds is 4. The number of amides is 1. The summed E-state index contributed by atoms with van der Waals surface area (Å²) in [5.41, 5.74) is 11.6. The zero-order valence-corrected chi connectivity index (χ0v) is 12.1. The van der Waals surface area contributed by atoms with Gasteiger partial charge >= 0.3 is 0 Å². The van der Waals surface area contributed by atoms with Gasteiger partial charge in [-0.05, 0) is 55.7 Å². The topological polar surface area (TPSA) is 79.2 Å². The minimum Gasteiger partial charge on any atom is -0.369 e. The van der Waals surface area contributed by atoms with Crippen LogP contribution in [-0.4, -0.2) is 11.6 Å². The van der Waals surface area contributed by atoms with Gasteiger partial charge in [-0.15, -0.1) is 0 Å². The number of aliphatic imine (C=N–C) groups is 1. The van der Waals surface area contributed by atoms with Gasteiger partial charge < -0.3 is 5.73 Å². The lowest BCUT2D eigenvalue weighted by Gasteiger charge is -2.23. The first-order valence-corrected chi connectivity index (χ1v) is 7.55. The Kier molecular flexibility index (Phi) is 3.74. The molecular weight excluding hydrogens is 262 g/mol. The molecule has 2 aliphatic carbocycles. The molecule has 1 heterocycles. The molecule has 21 heavy (non-hydrogen) atoms. The van der Waals surface area contributed by atoms with E-state index in [1.165, 1.54) is 16.7 Å². The Morgan fingerprint density at radius 2 is 2.29 bits per heavy atom. The SMILES string of the molecule is N#CCCCC1=CC=C2N=C3CCC(C(N)=O)CC3=C2C1. The summed E-state index contributed by atoms with van der Waals surface area (Å²) >= 11 is 0. The van der Waals surface area contributed by atoms with Crippen LogP contribution in [-0.2, 0) is 4.79 Å². The van der Waals surface area contributed by atoms with E-state index in [0.29, 0.717) is 6.42 Å². The Hall–Kier alpha value is -2.15. The van der Waals surface area contributed by atoms with Crippen LogP contribution in [0.5, 0.6) is 0 Å². The standard InChI is InChI=1S/C17H19N3O/c18-8-2-1-3-11-4-6-15-13(9-11)14-10-12(17(19)21)5-7-16(14)20-15/h4,6,12H,1-3,5,7,9-10H2,(H2,19,21). The number of primary amides is 1. The number of hydrogen-bond donors (Lipinski definition) is 1. The molecule has 0 spiro atoms. The van der Waals surface area contributed by atoms with Crippen molar-refractivity contribution in [3.05, 3.63) is 34.6 Å². The number of carbonyl (C=O) groups excluding carboxylic acids is 1. The van der Waals surface area contributed by atoms with E-state index in [9.17, 15) is 4.79 Å². The highest BCUT2D eigenvalue weighted by atomic mass is 16.1. The Morgan fingerprint density at radius 1 is 1.43 bits per heavy atom. The fraction of sp³-hybridized carbons (Fsp3) is 0.471. The molecule has 0 aromatic heterocycles. The summed E-state index contributed by atoms with van der Waals surface area (Å²) in [5.74, 6) is -0.237. The van der Waals surface area contributed by atoms with Crippen LogP contribution in [0.4, 0.5) is 0 Å². The highest BCUT2D eigenvalue weighted by Gasteiger charge is 2.33. The van der Waals surface area contributed by atoms with E-state index in [4.69, 9.17) is 16.0 Å². The summed E-state index contributed by atoms with van der Waals surface area (Å²) in [6.45, 7) is 0. The number of carbonyl (C=O) groups is 1. The molecule has 1 aliphatic heterocycles. The third kappa shape index (κ3) is 2.69. The van der Waals surface area contributed by atoms with E-state index in [1.54, 1.807) is 0 Å². The molecular formula is C17H19N3O. The van der Waals surface area contributed by atoms with E-state index in [1.807, 2.05) is 0 Å². The monoisotopic (exact) mass is 281 g/mol. The predicted octanol–water partition coefficient (Wildman–Crippen LogP) is 2.93. The van der Waals surface area contributed by atoms with Gasteiger partial charge in [0.15, 0.2) is 0 Å². The molecule has 1 fully saturated rings. The van der Waals surface area contributed by atoms with Gasteiger partial charge in [0.25, 0.3) is 0 Å². The number of unbranched alkanes of at least 4 members (excludes halogenated alkanes) is 1. The molecule has 1 unspecified atom stereocenters. The lowest BCUT2D eigenvalue weighted by molar-refractivity contribution is -0.121. The molecule has 0 bridgehead atoms. The van der Waals surface area contributed by atoms with E-state index < -0.39 is 0 Å². The lowest BCUT2D eigenvalue weighted by Crippen LogP contribution is -2.28. The number of nitriles is 1. The van der Waals surface area contributed by atoms with Crippen LogP contribution in [0.1, 0.15) is 44.9 Å². The van der Waals surface area contributed by atoms with Crippen LogP contribution in [0.2, 0.25) is 0 Å². The fourth-order valence-electron chi connectivity index (χ4n) is 3.34. The summed E-state index contributed by atoms with van der Waals surface area (Å²) in [6, 6.07) is 2.19. The second-order valence-electron chi connectivity index (χ2n) is 5.92. The van der Waals surface area contributed by atoms with Gasteiger partial charge in [0.05, 0.1) is 11.8 Å². The molecule has 0 saturated heterocycles. The van der Waals surface area contributed by atoms with Crippen molar-refractivity contribution in [1.29, 1.82) is 5.26 Å². The zero-order chi connectivity index (χ0) is 14.8. The number of nitrogens with zero attached hydrogens (tertiary/aromatic N) is 2. The number of fused-ring (bicyclic) bond motifs is 2. The molecule has 4 nitrogen and oxygen atoms in total. The Bertz CT molecular complexity index is 643. The minimum absolute atomic E-state index is 0.0428. The molecule has 1 amide bonds. The van der Waals surface area contributed by atoms with Crippen LogP contribution >= 0.6 is 0 Å². The van der Waals surface area contributed by atoms with E-state index in [-0.39, 0.29) is 11.8 Å². The third-order valence-electron chi connectivity index (χ3n) is 4.53. The maximum absolute atomic E-state index is 11.4. The predicted molar refractivity (Wildman–Crippen MR) is 81.2 cm³/mol. The van der Waals surface area contributed by atoms with Crippen LogP contribution in [0.3, 0.4) is 0 Å². The maximum atomic E-state index is 11.4. The molecule has 4 heteroatoms. The molecule has 1 saturated carbocycles. The smallest absolute Gasteiger partial charge is 0.220 e. The summed E-state index contributed by atoms with van der Waals surface area (Å²) < 4.78 is 0. The second kappa shape index (κ2) is 5.69. The van der Waals surface area contributed by atoms with Crippen molar-refractivity contribution in [3.8, 4) is 6.07 Å². The van der Waals surface area contributed by atoms with Gasteiger partial charge in [0, 0.05) is 18.1 Å². The highest BCUT2D eigenvalue weighted by molar-refractivity contribution is 6.06. The number of allylic oxidation sites excluding steroid dienone is 5. The van der Waals surface area contributed by atoms with E-state index in [0.717, 1.165) is 49.9 Å². The fourth-order valence-corrected chi connectivity index (χ4v) is 3.34. The minimum atomic E-state index is -0.194. The first kappa shape index (κ1) is 13.8. The first-order valence-electron chi connectivity index (χ1n) is 7.55. The normalized spacial score (nSPS) is 23.6. The average Bonchev–Trinajstić information content (AvgIpc) is 2.84. The average molecular weight is 281 g/mol. The lowest BCUT2D eigenvalue weighted by atomic mass is 9.80. The van der Waals surface area contributed by atoms with Crippen LogP contribution in [0.15, 0.2) is 39.6 Å². The first-order chi connectivity index (χ1) is 10.2. The van der Waals surface area contributed by atoms with Gasteiger partial charge in [-0.25, -0.2) is 0 Å². The van der Waals surface area contributed by atoms with E-state index >= 15 is 0 Å². The van der Waals surface area contributed by atoms with Gasteiger partial charge in [-0.1, -0.05) is 11.6 Å². The summed E-state index contributed by atoms with van der Waals surface area (Å²) in [4.78, 5) is 16.2. The maximum Gasteiger partial charge on any atom is 0.220 e. The van der Waals surface area contributed by atoms with E-state index in [2.05, 4.69) is 18.2 Å². The molecule has 108 valence electrons. The van der Waals surface area contributed by atoms with Crippen molar-refractivity contribution in [2.45, 2.75) is 44.9 Å². The zero-order valence-electron chi connectivity index (χ0n) is 12.1. The Morgan fingerprint density at radius 3 is 3.05 bits per heavy atom. The van der Waals surface area contributed by atoms with Crippen LogP contribution in [0.25, 0.3) is 0 Å². The third-order valence-corrected chi connectivity index (χ3v) is 4.53. The second-order valence-corrected chi connectivity index (χ2v) is 5.92. The van der Waals surface area contributed by atoms with Crippen molar-refractivity contribution in [3.63, 3.8) is 0 Å². The van der Waals surface area contributed by atoms with Crippen molar-refractivity contribution in [1.82, 2.24) is 0 Å². The van der Waals surface area contributed by atoms with Crippen molar-refractivity contribution < 1.29 is 4.79 Å². The summed E-state index contributed by atoms with van der Waals surface area (Å²) in [5, 5.41) is 8.63. The number of nitrogens with two attached hydrogens (primary N) is 1. The van der Waals surface area contributed by atoms with Gasteiger partial charge in [0.2, 0.25) is 5.91 Å².